The third-order valence-electron chi connectivity index (χ3n) is 3.83. The number of nitro benzene ring substituents is 2. The molecule has 0 spiro atoms. The quantitative estimate of drug-likeness (QED) is 0.549. The van der Waals surface area contributed by atoms with Gasteiger partial charge in [0, 0.05) is 30.8 Å². The van der Waals surface area contributed by atoms with Crippen molar-refractivity contribution in [2.24, 2.45) is 0 Å². The van der Waals surface area contributed by atoms with E-state index in [9.17, 15) is 38.6 Å². The number of aromatic carboxylic acids is 1. The Hall–Kier alpha value is -3.96. The summed E-state index contributed by atoms with van der Waals surface area (Å²) in [6.07, 6.45) is 0. The molecule has 160 valence electrons. The van der Waals surface area contributed by atoms with E-state index < -0.39 is 38.8 Å². The maximum absolute atomic E-state index is 13.1. The fourth-order valence-electron chi connectivity index (χ4n) is 2.26. The third-order valence-corrected chi connectivity index (χ3v) is 3.83. The van der Waals surface area contributed by atoms with Crippen LogP contribution >= 0.6 is 0 Å². The van der Waals surface area contributed by atoms with Crippen LogP contribution in [-0.2, 0) is 0 Å². The molecule has 2 aromatic rings. The molecule has 0 aliphatic heterocycles. The van der Waals surface area contributed by atoms with Crippen molar-refractivity contribution in [1.29, 1.82) is 0 Å². The summed E-state index contributed by atoms with van der Waals surface area (Å²) in [5.41, 5.74) is -1.70. The van der Waals surface area contributed by atoms with E-state index in [1.807, 2.05) is 0 Å². The molecule has 30 heavy (non-hydrogen) atoms. The molecular weight excluding hydrogens is 408 g/mol. The van der Waals surface area contributed by atoms with Gasteiger partial charge in [-0.05, 0) is 38.1 Å². The van der Waals surface area contributed by atoms with Crippen LogP contribution in [-0.4, -0.2) is 44.8 Å². The second kappa shape index (κ2) is 10.5. The standard InChI is InChI=1S/C11H13FN2O3.C7H4FNO4/c1-3-13(4-2)11(15)8-5-6-9(12)10(7-8)14(16)17;8-5-2-1-4(7(10)11)3-6(5)9(12)13/h5-7H,3-4H2,1-2H3;1-3H,(H,10,11). The lowest BCUT2D eigenvalue weighted by Crippen LogP contribution is -2.30. The van der Waals surface area contributed by atoms with Gasteiger partial charge in [-0.2, -0.15) is 8.78 Å². The molecule has 0 saturated heterocycles. The molecule has 2 aromatic carbocycles. The molecule has 0 aliphatic rings. The Balaban J connectivity index is 0.000000311. The first-order valence-electron chi connectivity index (χ1n) is 8.43. The maximum Gasteiger partial charge on any atom is 0.335 e. The average Bonchev–Trinajstić information content (AvgIpc) is 2.69. The highest BCUT2D eigenvalue weighted by Crippen LogP contribution is 2.20. The third kappa shape index (κ3) is 6.02. The minimum absolute atomic E-state index is 0.127. The summed E-state index contributed by atoms with van der Waals surface area (Å²) in [4.78, 5) is 42.6. The summed E-state index contributed by atoms with van der Waals surface area (Å²) in [5, 5.41) is 29.2. The number of rotatable bonds is 6. The second-order valence-electron chi connectivity index (χ2n) is 5.63. The minimum Gasteiger partial charge on any atom is -0.478 e. The summed E-state index contributed by atoms with van der Waals surface area (Å²) in [6, 6.07) is 5.55. The molecule has 1 amide bonds. The lowest BCUT2D eigenvalue weighted by Gasteiger charge is -2.18. The molecular formula is C18H17F2N3O7. The number of benzene rings is 2. The number of carbonyl (C=O) groups is 2. The summed E-state index contributed by atoms with van der Waals surface area (Å²) in [7, 11) is 0. The number of hydrogen-bond acceptors (Lipinski definition) is 6. The van der Waals surface area contributed by atoms with E-state index in [2.05, 4.69) is 0 Å². The van der Waals surface area contributed by atoms with Crippen LogP contribution in [0.1, 0.15) is 34.6 Å². The van der Waals surface area contributed by atoms with Crippen LogP contribution in [0.4, 0.5) is 20.2 Å². The molecule has 10 nitrogen and oxygen atoms in total. The van der Waals surface area contributed by atoms with Gasteiger partial charge in [0.15, 0.2) is 0 Å². The Labute approximate surface area is 168 Å². The number of hydrogen-bond donors (Lipinski definition) is 1. The fraction of sp³-hybridized carbons (Fsp3) is 0.222. The summed E-state index contributed by atoms with van der Waals surface area (Å²) in [5.74, 6) is -3.65. The molecule has 0 fully saturated rings. The molecule has 0 aliphatic carbocycles. The lowest BCUT2D eigenvalue weighted by molar-refractivity contribution is -0.387. The molecule has 0 aromatic heterocycles. The number of carbonyl (C=O) groups excluding carboxylic acids is 1. The van der Waals surface area contributed by atoms with Crippen molar-refractivity contribution in [3.05, 3.63) is 79.4 Å². The normalized spacial score (nSPS) is 9.87. The molecule has 0 unspecified atom stereocenters. The van der Waals surface area contributed by atoms with Crippen LogP contribution in [0.3, 0.4) is 0 Å². The first-order valence-corrected chi connectivity index (χ1v) is 8.43. The van der Waals surface area contributed by atoms with Crippen LogP contribution in [0.5, 0.6) is 0 Å². The molecule has 0 atom stereocenters. The summed E-state index contributed by atoms with van der Waals surface area (Å²) >= 11 is 0. The van der Waals surface area contributed by atoms with Gasteiger partial charge in [0.1, 0.15) is 0 Å². The van der Waals surface area contributed by atoms with Gasteiger partial charge >= 0.3 is 17.3 Å². The Morgan fingerprint density at radius 3 is 1.67 bits per heavy atom. The highest BCUT2D eigenvalue weighted by atomic mass is 19.1. The number of nitro groups is 2. The van der Waals surface area contributed by atoms with Gasteiger partial charge in [0.25, 0.3) is 5.91 Å². The van der Waals surface area contributed by atoms with Crippen molar-refractivity contribution < 1.29 is 33.3 Å². The van der Waals surface area contributed by atoms with Crippen molar-refractivity contribution in [2.45, 2.75) is 13.8 Å². The minimum atomic E-state index is -1.33. The molecule has 0 radical (unpaired) electrons. The Kier molecular flexibility index (Phi) is 8.47. The molecule has 0 bridgehead atoms. The summed E-state index contributed by atoms with van der Waals surface area (Å²) < 4.78 is 25.7. The van der Waals surface area contributed by atoms with Gasteiger partial charge in [-0.3, -0.25) is 25.0 Å². The van der Waals surface area contributed by atoms with E-state index in [0.717, 1.165) is 24.3 Å². The van der Waals surface area contributed by atoms with Gasteiger partial charge in [-0.25, -0.2) is 4.79 Å². The van der Waals surface area contributed by atoms with Crippen molar-refractivity contribution in [3.63, 3.8) is 0 Å². The van der Waals surface area contributed by atoms with Crippen molar-refractivity contribution in [1.82, 2.24) is 4.90 Å². The van der Waals surface area contributed by atoms with Crippen molar-refractivity contribution in [2.75, 3.05) is 13.1 Å². The summed E-state index contributed by atoms with van der Waals surface area (Å²) in [6.45, 7) is 4.61. The molecule has 1 N–H and O–H groups in total. The van der Waals surface area contributed by atoms with Gasteiger partial charge in [-0.1, -0.05) is 0 Å². The smallest absolute Gasteiger partial charge is 0.335 e. The number of nitrogens with zero attached hydrogens (tertiary/aromatic N) is 3. The Morgan fingerprint density at radius 2 is 1.30 bits per heavy atom. The predicted molar refractivity (Wildman–Crippen MR) is 100 cm³/mol. The van der Waals surface area contributed by atoms with Crippen LogP contribution in [0.25, 0.3) is 0 Å². The largest absolute Gasteiger partial charge is 0.478 e. The zero-order valence-corrected chi connectivity index (χ0v) is 15.9. The van der Waals surface area contributed by atoms with E-state index >= 15 is 0 Å². The topological polar surface area (TPSA) is 144 Å². The SMILES string of the molecule is CCN(CC)C(=O)c1ccc(F)c([N+](=O)[O-])c1.O=C(O)c1ccc(F)c([N+](=O)[O-])c1. The van der Waals surface area contributed by atoms with Gasteiger partial charge in [0.2, 0.25) is 11.6 Å². The Morgan fingerprint density at radius 1 is 0.900 bits per heavy atom. The zero-order valence-electron chi connectivity index (χ0n) is 15.9. The number of halogens is 2. The molecule has 2 rings (SSSR count). The average molecular weight is 425 g/mol. The predicted octanol–water partition coefficient (Wildman–Crippen LogP) is 3.65. The Bertz CT molecular complexity index is 978. The van der Waals surface area contributed by atoms with E-state index in [1.54, 1.807) is 13.8 Å². The monoisotopic (exact) mass is 425 g/mol. The first kappa shape index (κ1) is 24.1. The number of carboxylic acids is 1. The zero-order chi connectivity index (χ0) is 23.0. The molecule has 0 heterocycles. The van der Waals surface area contributed by atoms with Crippen molar-refractivity contribution in [3.8, 4) is 0 Å². The van der Waals surface area contributed by atoms with Gasteiger partial charge < -0.3 is 10.0 Å². The highest BCUT2D eigenvalue weighted by molar-refractivity contribution is 5.94. The highest BCUT2D eigenvalue weighted by Gasteiger charge is 2.20. The van der Waals surface area contributed by atoms with Crippen LogP contribution < -0.4 is 0 Å². The van der Waals surface area contributed by atoms with Crippen LogP contribution in [0, 0.1) is 31.9 Å². The number of carboxylic acid groups (broad SMARTS) is 1. The van der Waals surface area contributed by atoms with Crippen molar-refractivity contribution >= 4 is 23.3 Å². The molecule has 12 heteroatoms. The fourth-order valence-corrected chi connectivity index (χ4v) is 2.26. The van der Waals surface area contributed by atoms with E-state index in [4.69, 9.17) is 5.11 Å². The van der Waals surface area contributed by atoms with Gasteiger partial charge in [-0.15, -0.1) is 0 Å². The second-order valence-corrected chi connectivity index (χ2v) is 5.63. The molecule has 0 saturated carbocycles. The van der Waals surface area contributed by atoms with Gasteiger partial charge in [0.05, 0.1) is 15.4 Å². The van der Waals surface area contributed by atoms with Crippen LogP contribution in [0.15, 0.2) is 36.4 Å². The maximum atomic E-state index is 13.1. The van der Waals surface area contributed by atoms with E-state index in [-0.39, 0.29) is 17.0 Å². The van der Waals surface area contributed by atoms with E-state index in [1.165, 1.54) is 11.0 Å². The lowest BCUT2D eigenvalue weighted by atomic mass is 10.1. The number of amides is 1. The van der Waals surface area contributed by atoms with E-state index in [0.29, 0.717) is 19.2 Å². The van der Waals surface area contributed by atoms with Crippen LogP contribution in [0.2, 0.25) is 0 Å². The first-order chi connectivity index (χ1) is 14.0.